The fourth-order valence-electron chi connectivity index (χ4n) is 3.88. The lowest BCUT2D eigenvalue weighted by Gasteiger charge is -2.25. The van der Waals surface area contributed by atoms with Gasteiger partial charge in [-0.15, -0.1) is 0 Å². The van der Waals surface area contributed by atoms with Crippen LogP contribution in [-0.4, -0.2) is 69.3 Å². The van der Waals surface area contributed by atoms with Gasteiger partial charge >= 0.3 is 0 Å². The molecule has 2 atom stereocenters. The molecule has 1 aliphatic heterocycles. The molecule has 0 spiro atoms. The molecule has 8 heteroatoms. The summed E-state index contributed by atoms with van der Waals surface area (Å²) in [5.74, 6) is 1.31. The monoisotopic (exact) mass is 385 g/mol. The van der Waals surface area contributed by atoms with E-state index in [1.54, 1.807) is 0 Å². The van der Waals surface area contributed by atoms with Crippen LogP contribution in [0.5, 0.6) is 0 Å². The van der Waals surface area contributed by atoms with Crippen molar-refractivity contribution in [3.63, 3.8) is 0 Å². The summed E-state index contributed by atoms with van der Waals surface area (Å²) in [6.45, 7) is 7.02. The Bertz CT molecular complexity index is 586. The topological polar surface area (TPSA) is 85.8 Å². The highest BCUT2D eigenvalue weighted by molar-refractivity contribution is 7.89. The Morgan fingerprint density at radius 1 is 1.23 bits per heavy atom. The van der Waals surface area contributed by atoms with Crippen molar-refractivity contribution in [1.29, 1.82) is 0 Å². The SMILES string of the molecule is CCNC(=NCCS(=O)(=O)NCC1CCC1)NC1CC(C)N(C2CC2)C1. The lowest BCUT2D eigenvalue weighted by atomic mass is 9.86. The average molecular weight is 386 g/mol. The molecule has 0 aromatic rings. The smallest absolute Gasteiger partial charge is 0.213 e. The maximum Gasteiger partial charge on any atom is 0.213 e. The minimum Gasteiger partial charge on any atom is -0.357 e. The van der Waals surface area contributed by atoms with Gasteiger partial charge in [0.15, 0.2) is 5.96 Å². The van der Waals surface area contributed by atoms with Crippen LogP contribution in [0.25, 0.3) is 0 Å². The lowest BCUT2D eigenvalue weighted by molar-refractivity contribution is 0.256. The van der Waals surface area contributed by atoms with Crippen LogP contribution in [-0.2, 0) is 10.0 Å². The largest absolute Gasteiger partial charge is 0.357 e. The van der Waals surface area contributed by atoms with Gasteiger partial charge in [0.1, 0.15) is 0 Å². The van der Waals surface area contributed by atoms with Gasteiger partial charge in [0.25, 0.3) is 0 Å². The van der Waals surface area contributed by atoms with E-state index in [2.05, 4.69) is 32.2 Å². The molecular weight excluding hydrogens is 350 g/mol. The fourth-order valence-corrected chi connectivity index (χ4v) is 4.85. The second-order valence-electron chi connectivity index (χ2n) is 8.08. The van der Waals surface area contributed by atoms with Crippen molar-refractivity contribution >= 4 is 16.0 Å². The highest BCUT2D eigenvalue weighted by Gasteiger charge is 2.38. The first-order chi connectivity index (χ1) is 12.5. The minimum absolute atomic E-state index is 0.0472. The second-order valence-corrected chi connectivity index (χ2v) is 10.0. The molecule has 0 bridgehead atoms. The summed E-state index contributed by atoms with van der Waals surface area (Å²) in [6.07, 6.45) is 7.29. The molecule has 3 aliphatic rings. The van der Waals surface area contributed by atoms with Gasteiger partial charge in [0.2, 0.25) is 10.0 Å². The summed E-state index contributed by atoms with van der Waals surface area (Å²) in [4.78, 5) is 7.08. The van der Waals surface area contributed by atoms with Crippen molar-refractivity contribution in [3.8, 4) is 0 Å². The van der Waals surface area contributed by atoms with Crippen LogP contribution in [0.3, 0.4) is 0 Å². The zero-order chi connectivity index (χ0) is 18.6. The number of nitrogens with zero attached hydrogens (tertiary/aromatic N) is 2. The first-order valence-corrected chi connectivity index (χ1v) is 11.9. The van der Waals surface area contributed by atoms with E-state index in [0.29, 0.717) is 24.5 Å². The molecule has 3 rings (SSSR count). The Kier molecular flexibility index (Phi) is 6.80. The summed E-state index contributed by atoms with van der Waals surface area (Å²) < 4.78 is 26.9. The van der Waals surface area contributed by atoms with Crippen molar-refractivity contribution in [2.45, 2.75) is 70.5 Å². The van der Waals surface area contributed by atoms with Crippen LogP contribution >= 0.6 is 0 Å². The Balaban J connectivity index is 1.44. The first-order valence-electron chi connectivity index (χ1n) is 10.2. The average Bonchev–Trinajstić information content (AvgIpc) is 3.29. The molecule has 150 valence electrons. The molecule has 7 nitrogen and oxygen atoms in total. The highest BCUT2D eigenvalue weighted by atomic mass is 32.2. The van der Waals surface area contributed by atoms with E-state index in [1.807, 2.05) is 6.92 Å². The molecule has 2 unspecified atom stereocenters. The van der Waals surface area contributed by atoms with Gasteiger partial charge in [0, 0.05) is 37.8 Å². The number of hydrogen-bond donors (Lipinski definition) is 3. The number of aliphatic imine (C=N–C) groups is 1. The van der Waals surface area contributed by atoms with E-state index in [4.69, 9.17) is 0 Å². The Morgan fingerprint density at radius 3 is 2.62 bits per heavy atom. The molecule has 0 radical (unpaired) electrons. The standard InChI is InChI=1S/C18H35N5O2S/c1-3-19-18(22-16-11-14(2)23(13-16)17-7-8-17)20-9-10-26(24,25)21-12-15-5-4-6-15/h14-17,21H,3-13H2,1-2H3,(H2,19,20,22). The number of sulfonamides is 1. The lowest BCUT2D eigenvalue weighted by Crippen LogP contribution is -2.45. The van der Waals surface area contributed by atoms with Gasteiger partial charge in [-0.1, -0.05) is 6.42 Å². The molecule has 2 saturated carbocycles. The van der Waals surface area contributed by atoms with E-state index < -0.39 is 10.0 Å². The van der Waals surface area contributed by atoms with Crippen molar-refractivity contribution in [2.75, 3.05) is 31.9 Å². The zero-order valence-electron chi connectivity index (χ0n) is 16.2. The summed E-state index contributed by atoms with van der Waals surface area (Å²) >= 11 is 0. The van der Waals surface area contributed by atoms with Crippen molar-refractivity contribution in [1.82, 2.24) is 20.3 Å². The number of likely N-dealkylation sites (tertiary alicyclic amines) is 1. The molecule has 26 heavy (non-hydrogen) atoms. The molecule has 0 aromatic carbocycles. The predicted molar refractivity (Wildman–Crippen MR) is 106 cm³/mol. The second kappa shape index (κ2) is 8.89. The van der Waals surface area contributed by atoms with E-state index >= 15 is 0 Å². The summed E-state index contributed by atoms with van der Waals surface area (Å²) in [5, 5.41) is 6.74. The third-order valence-electron chi connectivity index (χ3n) is 5.77. The van der Waals surface area contributed by atoms with E-state index in [1.165, 1.54) is 19.3 Å². The van der Waals surface area contributed by atoms with E-state index in [0.717, 1.165) is 44.4 Å². The normalized spacial score (nSPS) is 28.2. The van der Waals surface area contributed by atoms with Crippen LogP contribution in [0.2, 0.25) is 0 Å². The zero-order valence-corrected chi connectivity index (χ0v) is 17.0. The van der Waals surface area contributed by atoms with Crippen molar-refractivity contribution in [3.05, 3.63) is 0 Å². The number of guanidine groups is 1. The highest BCUT2D eigenvalue weighted by Crippen LogP contribution is 2.33. The van der Waals surface area contributed by atoms with Gasteiger partial charge < -0.3 is 10.6 Å². The minimum atomic E-state index is -3.23. The maximum absolute atomic E-state index is 12.1. The van der Waals surface area contributed by atoms with Crippen molar-refractivity contribution < 1.29 is 8.42 Å². The van der Waals surface area contributed by atoms with Crippen LogP contribution in [0.15, 0.2) is 4.99 Å². The first kappa shape index (κ1) is 19.9. The Labute approximate surface area is 158 Å². The summed E-state index contributed by atoms with van der Waals surface area (Å²) in [7, 11) is -3.23. The van der Waals surface area contributed by atoms with Crippen LogP contribution in [0.1, 0.15) is 52.4 Å². The quantitative estimate of drug-likeness (QED) is 0.405. The van der Waals surface area contributed by atoms with Gasteiger partial charge in [-0.2, -0.15) is 0 Å². The van der Waals surface area contributed by atoms with Gasteiger partial charge in [-0.25, -0.2) is 13.1 Å². The van der Waals surface area contributed by atoms with Gasteiger partial charge in [-0.3, -0.25) is 9.89 Å². The molecule has 0 aromatic heterocycles. The van der Waals surface area contributed by atoms with Gasteiger partial charge in [0.05, 0.1) is 12.3 Å². The van der Waals surface area contributed by atoms with Crippen LogP contribution in [0, 0.1) is 5.92 Å². The van der Waals surface area contributed by atoms with Crippen LogP contribution < -0.4 is 15.4 Å². The molecule has 1 saturated heterocycles. The molecule has 1 heterocycles. The summed E-state index contributed by atoms with van der Waals surface area (Å²) in [6, 6.07) is 1.78. The third-order valence-corrected chi connectivity index (χ3v) is 7.10. The number of rotatable bonds is 9. The molecule has 2 aliphatic carbocycles. The molecule has 3 N–H and O–H groups in total. The molecular formula is C18H35N5O2S. The maximum atomic E-state index is 12.1. The number of nitrogens with one attached hydrogen (secondary N) is 3. The van der Waals surface area contributed by atoms with E-state index in [9.17, 15) is 8.42 Å². The summed E-state index contributed by atoms with van der Waals surface area (Å²) in [5.41, 5.74) is 0. The Morgan fingerprint density at radius 2 is 2.00 bits per heavy atom. The van der Waals surface area contributed by atoms with Gasteiger partial charge in [-0.05, 0) is 51.9 Å². The Hall–Kier alpha value is -0.860. The fraction of sp³-hybridized carbons (Fsp3) is 0.944. The predicted octanol–water partition coefficient (Wildman–Crippen LogP) is 0.886. The van der Waals surface area contributed by atoms with Crippen molar-refractivity contribution in [2.24, 2.45) is 10.9 Å². The third kappa shape index (κ3) is 5.82. The van der Waals surface area contributed by atoms with E-state index in [-0.39, 0.29) is 12.3 Å². The number of hydrogen-bond acceptors (Lipinski definition) is 4. The molecule has 0 amide bonds. The molecule has 3 fully saturated rings. The van der Waals surface area contributed by atoms with Crippen LogP contribution in [0.4, 0.5) is 0 Å².